The number of carbonyl (C=O) groups is 1. The van der Waals surface area contributed by atoms with Crippen molar-refractivity contribution in [3.05, 3.63) is 17.7 Å². The molecule has 0 atom stereocenters. The number of nitrogens with one attached hydrogen (secondary N) is 1. The Kier molecular flexibility index (Phi) is 4.27. The molecular formula is C14H20N2O3. The molecule has 1 aliphatic rings. The van der Waals surface area contributed by atoms with Gasteiger partial charge in [0.1, 0.15) is 12.4 Å². The van der Waals surface area contributed by atoms with Gasteiger partial charge < -0.3 is 20.5 Å². The van der Waals surface area contributed by atoms with Crippen LogP contribution in [0, 0.1) is 0 Å². The highest BCUT2D eigenvalue weighted by Gasteiger charge is 2.17. The van der Waals surface area contributed by atoms with E-state index in [1.807, 2.05) is 19.9 Å². The molecule has 5 nitrogen and oxygen atoms in total. The molecule has 2 rings (SSSR count). The number of hydrogen-bond acceptors (Lipinski definition) is 4. The first-order chi connectivity index (χ1) is 9.06. The van der Waals surface area contributed by atoms with E-state index >= 15 is 0 Å². The fourth-order valence-electron chi connectivity index (χ4n) is 1.98. The maximum Gasteiger partial charge on any atom is 0.224 e. The number of aryl methyl sites for hydroxylation is 1. The molecule has 0 saturated heterocycles. The molecular weight excluding hydrogens is 244 g/mol. The van der Waals surface area contributed by atoms with E-state index in [1.165, 1.54) is 0 Å². The van der Waals surface area contributed by atoms with Crippen LogP contribution in [0.1, 0.15) is 25.8 Å². The zero-order valence-corrected chi connectivity index (χ0v) is 11.4. The fourth-order valence-corrected chi connectivity index (χ4v) is 1.98. The Morgan fingerprint density at radius 2 is 2.11 bits per heavy atom. The minimum atomic E-state index is 0.0332. The number of nitrogen functional groups attached to an aromatic ring is 1. The smallest absolute Gasteiger partial charge is 0.224 e. The maximum absolute atomic E-state index is 11.3. The average molecular weight is 264 g/mol. The molecule has 104 valence electrons. The summed E-state index contributed by atoms with van der Waals surface area (Å²) >= 11 is 0. The van der Waals surface area contributed by atoms with Crippen LogP contribution in [0.15, 0.2) is 12.1 Å². The highest BCUT2D eigenvalue weighted by Crippen LogP contribution is 2.32. The Labute approximate surface area is 113 Å². The van der Waals surface area contributed by atoms with E-state index in [1.54, 1.807) is 6.07 Å². The molecule has 1 aromatic rings. The van der Waals surface area contributed by atoms with Gasteiger partial charge in [0.2, 0.25) is 5.91 Å². The number of hydrogen-bond donors (Lipinski definition) is 2. The summed E-state index contributed by atoms with van der Waals surface area (Å²) in [6, 6.07) is 3.66. The summed E-state index contributed by atoms with van der Waals surface area (Å²) in [4.78, 5) is 11.3. The number of carbonyl (C=O) groups excluding carboxylic acids is 1. The van der Waals surface area contributed by atoms with Gasteiger partial charge in [-0.15, -0.1) is 0 Å². The van der Waals surface area contributed by atoms with Gasteiger partial charge in [0.05, 0.1) is 18.4 Å². The van der Waals surface area contributed by atoms with Gasteiger partial charge in [-0.1, -0.05) is 0 Å². The summed E-state index contributed by atoms with van der Waals surface area (Å²) in [6.45, 7) is 4.96. The van der Waals surface area contributed by atoms with Gasteiger partial charge in [-0.25, -0.2) is 0 Å². The van der Waals surface area contributed by atoms with Crippen LogP contribution in [0.5, 0.6) is 5.75 Å². The van der Waals surface area contributed by atoms with E-state index in [2.05, 4.69) is 5.32 Å². The lowest BCUT2D eigenvalue weighted by Crippen LogP contribution is -2.19. The van der Waals surface area contributed by atoms with Crippen molar-refractivity contribution < 1.29 is 14.3 Å². The van der Waals surface area contributed by atoms with Gasteiger partial charge in [-0.3, -0.25) is 4.79 Å². The summed E-state index contributed by atoms with van der Waals surface area (Å²) in [5, 5.41) is 2.81. The van der Waals surface area contributed by atoms with Crippen LogP contribution in [0.3, 0.4) is 0 Å². The second-order valence-electron chi connectivity index (χ2n) is 4.86. The molecule has 0 aromatic heterocycles. The van der Waals surface area contributed by atoms with Crippen LogP contribution in [0.4, 0.5) is 11.4 Å². The van der Waals surface area contributed by atoms with Crippen molar-refractivity contribution in [2.45, 2.75) is 32.8 Å². The molecule has 5 heteroatoms. The summed E-state index contributed by atoms with van der Waals surface area (Å²) in [5.74, 6) is 0.688. The molecule has 1 aliphatic heterocycles. The second kappa shape index (κ2) is 5.93. The normalized spacial score (nSPS) is 14.2. The maximum atomic E-state index is 11.3. The summed E-state index contributed by atoms with van der Waals surface area (Å²) in [6.07, 6.45) is 1.42. The van der Waals surface area contributed by atoms with Crippen molar-refractivity contribution in [3.63, 3.8) is 0 Å². The molecule has 0 aliphatic carbocycles. The number of rotatable bonds is 5. The minimum absolute atomic E-state index is 0.0332. The number of nitrogens with two attached hydrogens (primary N) is 1. The van der Waals surface area contributed by atoms with Crippen molar-refractivity contribution in [2.24, 2.45) is 0 Å². The Morgan fingerprint density at radius 1 is 1.32 bits per heavy atom. The quantitative estimate of drug-likeness (QED) is 0.630. The van der Waals surface area contributed by atoms with Crippen LogP contribution < -0.4 is 15.8 Å². The second-order valence-corrected chi connectivity index (χ2v) is 4.86. The molecule has 0 radical (unpaired) electrons. The van der Waals surface area contributed by atoms with Crippen molar-refractivity contribution >= 4 is 17.3 Å². The summed E-state index contributed by atoms with van der Waals surface area (Å²) in [5.41, 5.74) is 8.30. The molecule has 0 saturated carbocycles. The van der Waals surface area contributed by atoms with Crippen LogP contribution in [0.25, 0.3) is 0 Å². The number of anilines is 2. The van der Waals surface area contributed by atoms with Gasteiger partial charge in [-0.2, -0.15) is 0 Å². The van der Waals surface area contributed by atoms with E-state index < -0.39 is 0 Å². The SMILES string of the molecule is CC(C)OCCOc1cc2c(cc1N)NC(=O)CC2. The first-order valence-electron chi connectivity index (χ1n) is 6.53. The van der Waals surface area contributed by atoms with Gasteiger partial charge in [0.15, 0.2) is 0 Å². The first kappa shape index (κ1) is 13.7. The summed E-state index contributed by atoms with van der Waals surface area (Å²) in [7, 11) is 0. The van der Waals surface area contributed by atoms with E-state index in [4.69, 9.17) is 15.2 Å². The molecule has 1 amide bonds. The molecule has 0 spiro atoms. The molecule has 0 fully saturated rings. The van der Waals surface area contributed by atoms with E-state index in [0.717, 1.165) is 17.7 Å². The monoisotopic (exact) mass is 264 g/mol. The number of amides is 1. The van der Waals surface area contributed by atoms with Gasteiger partial charge in [0, 0.05) is 12.1 Å². The van der Waals surface area contributed by atoms with Gasteiger partial charge in [-0.05, 0) is 38.0 Å². The lowest BCUT2D eigenvalue weighted by molar-refractivity contribution is -0.116. The highest BCUT2D eigenvalue weighted by atomic mass is 16.5. The van der Waals surface area contributed by atoms with Gasteiger partial charge in [0.25, 0.3) is 0 Å². The van der Waals surface area contributed by atoms with E-state index in [9.17, 15) is 4.79 Å². The lowest BCUT2D eigenvalue weighted by atomic mass is 10.0. The van der Waals surface area contributed by atoms with Crippen LogP contribution in [-0.2, 0) is 16.0 Å². The van der Waals surface area contributed by atoms with E-state index in [0.29, 0.717) is 31.1 Å². The van der Waals surface area contributed by atoms with Gasteiger partial charge >= 0.3 is 0 Å². The summed E-state index contributed by atoms with van der Waals surface area (Å²) < 4.78 is 11.0. The number of benzene rings is 1. The molecule has 0 bridgehead atoms. The Balaban J connectivity index is 2.00. The number of ether oxygens (including phenoxy) is 2. The van der Waals surface area contributed by atoms with Crippen LogP contribution in [0.2, 0.25) is 0 Å². The minimum Gasteiger partial charge on any atom is -0.489 e. The van der Waals surface area contributed by atoms with Crippen molar-refractivity contribution in [3.8, 4) is 5.75 Å². The third-order valence-electron chi connectivity index (χ3n) is 2.92. The predicted octanol–water partition coefficient (Wildman–Crippen LogP) is 1.96. The third-order valence-corrected chi connectivity index (χ3v) is 2.92. The third kappa shape index (κ3) is 3.61. The fraction of sp³-hybridized carbons (Fsp3) is 0.500. The molecule has 3 N–H and O–H groups in total. The molecule has 1 heterocycles. The Hall–Kier alpha value is -1.75. The highest BCUT2D eigenvalue weighted by molar-refractivity contribution is 5.94. The van der Waals surface area contributed by atoms with Crippen molar-refractivity contribution in [1.29, 1.82) is 0 Å². The topological polar surface area (TPSA) is 73.6 Å². The van der Waals surface area contributed by atoms with E-state index in [-0.39, 0.29) is 12.0 Å². The molecule has 19 heavy (non-hydrogen) atoms. The Bertz CT molecular complexity index is 472. The lowest BCUT2D eigenvalue weighted by Gasteiger charge is -2.19. The average Bonchev–Trinajstić information content (AvgIpc) is 2.34. The standard InChI is InChI=1S/C14H20N2O3/c1-9(2)18-5-6-19-13-7-10-3-4-14(17)16-12(10)8-11(13)15/h7-9H,3-6,15H2,1-2H3,(H,16,17). The van der Waals surface area contributed by atoms with Crippen molar-refractivity contribution in [2.75, 3.05) is 24.3 Å². The predicted molar refractivity (Wildman–Crippen MR) is 74.4 cm³/mol. The van der Waals surface area contributed by atoms with Crippen molar-refractivity contribution in [1.82, 2.24) is 0 Å². The zero-order chi connectivity index (χ0) is 13.8. The molecule has 0 unspecified atom stereocenters. The molecule has 1 aromatic carbocycles. The Morgan fingerprint density at radius 3 is 2.84 bits per heavy atom. The van der Waals surface area contributed by atoms with Crippen LogP contribution in [-0.4, -0.2) is 25.2 Å². The van der Waals surface area contributed by atoms with Crippen LogP contribution >= 0.6 is 0 Å². The largest absolute Gasteiger partial charge is 0.489 e. The first-order valence-corrected chi connectivity index (χ1v) is 6.53. The number of fused-ring (bicyclic) bond motifs is 1. The zero-order valence-electron chi connectivity index (χ0n) is 11.4.